The number of fused-ring (bicyclic) bond motifs is 2. The van der Waals surface area contributed by atoms with Crippen molar-refractivity contribution in [3.63, 3.8) is 0 Å². The number of hydrogen-bond acceptors (Lipinski definition) is 5. The lowest BCUT2D eigenvalue weighted by atomic mass is 9.38. The number of piperidine rings is 1. The highest BCUT2D eigenvalue weighted by molar-refractivity contribution is 5.66. The molecule has 5 heteroatoms. The zero-order valence-electron chi connectivity index (χ0n) is 17.9. The highest BCUT2D eigenvalue weighted by atomic mass is 16.5. The normalized spacial score (nSPS) is 59.7. The standard InChI is InChI=1S/C24H35NO4/c1-5-25-11-22(4)8-7-17(27)24-16(22)10-15(20(24)25)23-9-6-14(12(2)21(23)28)18(19(23)24)29-13(3)26/h14-21,27-28H,2,5-11H2,1,3-4H3/t14-,15+,16-,17?,18-,19+,20+,21+,22?,23?,24?/m0/s1. The van der Waals surface area contributed by atoms with Crippen molar-refractivity contribution < 1.29 is 19.7 Å². The molecule has 0 aromatic heterocycles. The number of hydrogen-bond donors (Lipinski definition) is 2. The Morgan fingerprint density at radius 2 is 2.07 bits per heavy atom. The van der Waals surface area contributed by atoms with Crippen molar-refractivity contribution in [1.29, 1.82) is 0 Å². The van der Waals surface area contributed by atoms with E-state index in [-0.39, 0.29) is 52.3 Å². The van der Waals surface area contributed by atoms with Crippen molar-refractivity contribution in [2.45, 2.75) is 77.2 Å². The largest absolute Gasteiger partial charge is 0.462 e. The molecule has 0 aromatic rings. The topological polar surface area (TPSA) is 70.0 Å². The summed E-state index contributed by atoms with van der Waals surface area (Å²) in [7, 11) is 0. The molecule has 7 fully saturated rings. The van der Waals surface area contributed by atoms with Crippen molar-refractivity contribution in [2.24, 2.45) is 39.9 Å². The Balaban J connectivity index is 1.61. The van der Waals surface area contributed by atoms with Gasteiger partial charge in [0, 0.05) is 42.2 Å². The van der Waals surface area contributed by atoms with Gasteiger partial charge in [-0.3, -0.25) is 9.69 Å². The van der Waals surface area contributed by atoms with Gasteiger partial charge in [-0.05, 0) is 61.5 Å². The van der Waals surface area contributed by atoms with E-state index in [1.54, 1.807) is 0 Å². The van der Waals surface area contributed by atoms with Gasteiger partial charge < -0.3 is 14.9 Å². The third kappa shape index (κ3) is 1.77. The van der Waals surface area contributed by atoms with Gasteiger partial charge in [0.2, 0.25) is 0 Å². The zero-order valence-corrected chi connectivity index (χ0v) is 17.9. The number of rotatable bonds is 2. The zero-order chi connectivity index (χ0) is 20.5. The van der Waals surface area contributed by atoms with Gasteiger partial charge in [-0.1, -0.05) is 20.4 Å². The van der Waals surface area contributed by atoms with Crippen LogP contribution in [0.25, 0.3) is 0 Å². The maximum Gasteiger partial charge on any atom is 0.302 e. The Labute approximate surface area is 173 Å². The Kier molecular flexibility index (Phi) is 3.55. The first-order chi connectivity index (χ1) is 13.7. The lowest BCUT2D eigenvalue weighted by Gasteiger charge is -2.69. The van der Waals surface area contributed by atoms with Gasteiger partial charge in [-0.25, -0.2) is 0 Å². The summed E-state index contributed by atoms with van der Waals surface area (Å²) < 4.78 is 6.07. The van der Waals surface area contributed by atoms with E-state index < -0.39 is 6.10 Å². The van der Waals surface area contributed by atoms with E-state index in [2.05, 4.69) is 25.3 Å². The first-order valence-electron chi connectivity index (χ1n) is 11.7. The van der Waals surface area contributed by atoms with Gasteiger partial charge in [-0.15, -0.1) is 0 Å². The van der Waals surface area contributed by atoms with Crippen molar-refractivity contribution >= 4 is 5.97 Å². The third-order valence-corrected chi connectivity index (χ3v) is 10.8. The monoisotopic (exact) mass is 401 g/mol. The number of ether oxygens (including phenoxy) is 1. The summed E-state index contributed by atoms with van der Waals surface area (Å²) >= 11 is 0. The minimum atomic E-state index is -0.539. The summed E-state index contributed by atoms with van der Waals surface area (Å²) in [5.41, 5.74) is 0.492. The molecule has 11 atom stereocenters. The summed E-state index contributed by atoms with van der Waals surface area (Å²) in [4.78, 5) is 14.8. The fourth-order valence-electron chi connectivity index (χ4n) is 10.3. The SMILES string of the molecule is C=C1[C@@H](O)C23CC[C@@H]1[C@H](OC(C)=O)[C@H]2C12C(O)CCC4(C)CN(CC)[C@@H]1[C@H]3C[C@@H]42. The lowest BCUT2D eigenvalue weighted by Crippen LogP contribution is -2.72. The van der Waals surface area contributed by atoms with E-state index in [0.29, 0.717) is 11.8 Å². The second-order valence-corrected chi connectivity index (χ2v) is 11.4. The molecule has 2 spiro atoms. The maximum absolute atomic E-state index is 12.2. The number of likely N-dealkylation sites (tertiary alicyclic amines) is 1. The summed E-state index contributed by atoms with van der Waals surface area (Å²) in [5.74, 6) is 0.606. The number of aliphatic hydroxyl groups excluding tert-OH is 2. The fourth-order valence-corrected chi connectivity index (χ4v) is 10.3. The van der Waals surface area contributed by atoms with E-state index in [1.807, 2.05) is 0 Å². The Hall–Kier alpha value is -0.910. The first-order valence-corrected chi connectivity index (χ1v) is 11.7. The maximum atomic E-state index is 12.2. The van der Waals surface area contributed by atoms with Crippen LogP contribution in [0.4, 0.5) is 0 Å². The van der Waals surface area contributed by atoms with E-state index in [4.69, 9.17) is 4.74 Å². The smallest absolute Gasteiger partial charge is 0.302 e. The highest BCUT2D eigenvalue weighted by Crippen LogP contribution is 2.83. The molecule has 4 unspecified atom stereocenters. The molecule has 0 amide bonds. The number of esters is 1. The molecule has 7 rings (SSSR count). The molecule has 29 heavy (non-hydrogen) atoms. The fraction of sp³-hybridized carbons (Fsp3) is 0.875. The Morgan fingerprint density at radius 1 is 1.31 bits per heavy atom. The van der Waals surface area contributed by atoms with Crippen LogP contribution in [0.2, 0.25) is 0 Å². The molecule has 1 aliphatic heterocycles. The molecule has 160 valence electrons. The number of carbonyl (C=O) groups is 1. The van der Waals surface area contributed by atoms with Crippen molar-refractivity contribution in [3.05, 3.63) is 12.2 Å². The van der Waals surface area contributed by atoms with Gasteiger partial charge >= 0.3 is 5.97 Å². The average Bonchev–Trinajstić information content (AvgIpc) is 3.12. The van der Waals surface area contributed by atoms with Gasteiger partial charge in [0.25, 0.3) is 0 Å². The second-order valence-electron chi connectivity index (χ2n) is 11.4. The lowest BCUT2D eigenvalue weighted by molar-refractivity contribution is -0.261. The quantitative estimate of drug-likeness (QED) is 0.549. The number of nitrogens with zero attached hydrogens (tertiary/aromatic N) is 1. The number of carbonyl (C=O) groups excluding carboxylic acids is 1. The first kappa shape index (κ1) is 18.8. The summed E-state index contributed by atoms with van der Waals surface area (Å²) in [6, 6.07) is 0.281. The third-order valence-electron chi connectivity index (χ3n) is 10.8. The molecule has 0 aromatic carbocycles. The minimum Gasteiger partial charge on any atom is -0.462 e. The van der Waals surface area contributed by atoms with Crippen LogP contribution >= 0.6 is 0 Å². The van der Waals surface area contributed by atoms with Crippen molar-refractivity contribution in [2.75, 3.05) is 13.1 Å². The highest BCUT2D eigenvalue weighted by Gasteiger charge is 2.86. The molecule has 7 bridgehead atoms. The average molecular weight is 402 g/mol. The predicted molar refractivity (Wildman–Crippen MR) is 108 cm³/mol. The van der Waals surface area contributed by atoms with Crippen molar-refractivity contribution in [1.82, 2.24) is 4.90 Å². The summed E-state index contributed by atoms with van der Waals surface area (Å²) in [6.07, 6.45) is 3.72. The molecule has 1 saturated heterocycles. The molecule has 5 nitrogen and oxygen atoms in total. The van der Waals surface area contributed by atoms with Crippen LogP contribution in [0.3, 0.4) is 0 Å². The molecular formula is C24H35NO4. The van der Waals surface area contributed by atoms with Gasteiger partial charge in [0.05, 0.1) is 12.2 Å². The summed E-state index contributed by atoms with van der Waals surface area (Å²) in [6.45, 7) is 12.5. The van der Waals surface area contributed by atoms with Crippen LogP contribution in [0.15, 0.2) is 12.2 Å². The molecule has 6 saturated carbocycles. The Morgan fingerprint density at radius 3 is 2.76 bits per heavy atom. The van der Waals surface area contributed by atoms with E-state index >= 15 is 0 Å². The second kappa shape index (κ2) is 5.46. The van der Waals surface area contributed by atoms with Gasteiger partial charge in [-0.2, -0.15) is 0 Å². The van der Waals surface area contributed by atoms with E-state index in [9.17, 15) is 15.0 Å². The van der Waals surface area contributed by atoms with Crippen molar-refractivity contribution in [3.8, 4) is 0 Å². The molecule has 6 aliphatic carbocycles. The summed E-state index contributed by atoms with van der Waals surface area (Å²) in [5, 5.41) is 23.3. The molecule has 7 aliphatic rings. The van der Waals surface area contributed by atoms with E-state index in [1.165, 1.54) is 6.92 Å². The van der Waals surface area contributed by atoms with Crippen LogP contribution in [0.1, 0.15) is 52.9 Å². The van der Waals surface area contributed by atoms with Crippen LogP contribution in [0.5, 0.6) is 0 Å². The van der Waals surface area contributed by atoms with Crippen LogP contribution in [-0.4, -0.2) is 58.5 Å². The Bertz CT molecular complexity index is 798. The van der Waals surface area contributed by atoms with Crippen LogP contribution < -0.4 is 0 Å². The van der Waals surface area contributed by atoms with E-state index in [0.717, 1.165) is 50.8 Å². The van der Waals surface area contributed by atoms with Crippen LogP contribution in [0, 0.1) is 39.9 Å². The molecule has 0 radical (unpaired) electrons. The number of aliphatic hydroxyl groups is 2. The van der Waals surface area contributed by atoms with Crippen LogP contribution in [-0.2, 0) is 9.53 Å². The predicted octanol–water partition coefficient (Wildman–Crippen LogP) is 2.36. The minimum absolute atomic E-state index is 0.0192. The molecular weight excluding hydrogens is 366 g/mol. The molecule has 1 heterocycles. The molecule has 2 N–H and O–H groups in total. The van der Waals surface area contributed by atoms with Gasteiger partial charge in [0.1, 0.15) is 6.10 Å². The van der Waals surface area contributed by atoms with Gasteiger partial charge in [0.15, 0.2) is 0 Å².